The van der Waals surface area contributed by atoms with Crippen LogP contribution < -0.4 is 10.6 Å². The number of amides is 1. The average Bonchev–Trinajstić information content (AvgIpc) is 3.34. The summed E-state index contributed by atoms with van der Waals surface area (Å²) < 4.78 is 5.56. The molecule has 0 radical (unpaired) electrons. The van der Waals surface area contributed by atoms with Gasteiger partial charge in [0.25, 0.3) is 0 Å². The van der Waals surface area contributed by atoms with E-state index < -0.39 is 0 Å². The minimum atomic E-state index is -0.104. The molecule has 21 heavy (non-hydrogen) atoms. The summed E-state index contributed by atoms with van der Waals surface area (Å²) in [6.45, 7) is 3.12. The normalized spacial score (nSPS) is 20.9. The van der Waals surface area contributed by atoms with E-state index in [1.807, 2.05) is 12.1 Å². The van der Waals surface area contributed by atoms with E-state index in [0.29, 0.717) is 6.54 Å². The molecule has 2 aliphatic rings. The zero-order valence-corrected chi connectivity index (χ0v) is 12.4. The van der Waals surface area contributed by atoms with Gasteiger partial charge in [-0.2, -0.15) is 0 Å². The highest BCUT2D eigenvalue weighted by Crippen LogP contribution is 2.28. The first-order valence-electron chi connectivity index (χ1n) is 7.98. The number of rotatable bonds is 7. The first-order valence-corrected chi connectivity index (χ1v) is 7.98. The second-order valence-electron chi connectivity index (χ2n) is 6.07. The first-order chi connectivity index (χ1) is 10.3. The largest absolute Gasteiger partial charge is 0.381 e. The van der Waals surface area contributed by atoms with Gasteiger partial charge in [-0.05, 0) is 42.7 Å². The van der Waals surface area contributed by atoms with E-state index in [-0.39, 0.29) is 11.9 Å². The van der Waals surface area contributed by atoms with Crippen LogP contribution in [-0.4, -0.2) is 31.7 Å². The fourth-order valence-electron chi connectivity index (χ4n) is 2.68. The van der Waals surface area contributed by atoms with Gasteiger partial charge in [0.15, 0.2) is 0 Å². The van der Waals surface area contributed by atoms with Crippen LogP contribution in [0.5, 0.6) is 0 Å². The van der Waals surface area contributed by atoms with Crippen LogP contribution in [0.25, 0.3) is 0 Å². The Labute approximate surface area is 126 Å². The van der Waals surface area contributed by atoms with Crippen molar-refractivity contribution >= 4 is 5.91 Å². The number of hydrogen-bond acceptors (Lipinski definition) is 3. The Morgan fingerprint density at radius 3 is 2.90 bits per heavy atom. The molecule has 114 valence electrons. The highest BCUT2D eigenvalue weighted by molar-refractivity contribution is 5.82. The number of carbonyl (C=O) groups excluding carboxylic acids is 1. The maximum Gasteiger partial charge on any atom is 0.237 e. The van der Waals surface area contributed by atoms with Crippen LogP contribution in [0.15, 0.2) is 24.3 Å². The Hall–Kier alpha value is -1.39. The molecule has 1 aromatic rings. The van der Waals surface area contributed by atoms with Crippen molar-refractivity contribution in [3.05, 3.63) is 35.4 Å². The van der Waals surface area contributed by atoms with Gasteiger partial charge in [0, 0.05) is 26.3 Å². The maximum atomic E-state index is 12.1. The number of ether oxygens (including phenoxy) is 1. The molecular weight excluding hydrogens is 264 g/mol. The predicted octanol–water partition coefficient (Wildman–Crippen LogP) is 1.63. The van der Waals surface area contributed by atoms with E-state index in [2.05, 4.69) is 22.8 Å². The number of benzene rings is 1. The standard InChI is InChI=1S/C17H24N2O2/c20-17(18-8-3-9-21-12-13-6-7-13)16-10-14-4-1-2-5-15(14)11-19-16/h1-2,4-5,13,16,19H,3,6-12H2,(H,18,20)/t16-/m1/s1. The van der Waals surface area contributed by atoms with E-state index in [9.17, 15) is 4.79 Å². The zero-order valence-electron chi connectivity index (χ0n) is 12.4. The Balaban J connectivity index is 1.34. The summed E-state index contributed by atoms with van der Waals surface area (Å²) in [5.74, 6) is 0.915. The summed E-state index contributed by atoms with van der Waals surface area (Å²) in [7, 11) is 0. The van der Waals surface area contributed by atoms with Crippen molar-refractivity contribution in [2.24, 2.45) is 5.92 Å². The molecule has 4 nitrogen and oxygen atoms in total. The summed E-state index contributed by atoms with van der Waals surface area (Å²) in [4.78, 5) is 12.1. The summed E-state index contributed by atoms with van der Waals surface area (Å²) in [5, 5.41) is 6.31. The monoisotopic (exact) mass is 288 g/mol. The van der Waals surface area contributed by atoms with Crippen LogP contribution >= 0.6 is 0 Å². The van der Waals surface area contributed by atoms with Crippen LogP contribution in [-0.2, 0) is 22.5 Å². The van der Waals surface area contributed by atoms with Gasteiger partial charge in [0.1, 0.15) is 0 Å². The van der Waals surface area contributed by atoms with Crippen molar-refractivity contribution < 1.29 is 9.53 Å². The fraction of sp³-hybridized carbons (Fsp3) is 0.588. The third-order valence-electron chi connectivity index (χ3n) is 4.21. The highest BCUT2D eigenvalue weighted by Gasteiger charge is 2.23. The van der Waals surface area contributed by atoms with Gasteiger partial charge in [-0.25, -0.2) is 0 Å². The van der Waals surface area contributed by atoms with Gasteiger partial charge in [0.05, 0.1) is 6.04 Å². The molecular formula is C17H24N2O2. The van der Waals surface area contributed by atoms with Crippen molar-refractivity contribution in [3.8, 4) is 0 Å². The lowest BCUT2D eigenvalue weighted by Crippen LogP contribution is -2.47. The minimum absolute atomic E-state index is 0.103. The van der Waals surface area contributed by atoms with E-state index in [0.717, 1.165) is 38.5 Å². The molecule has 3 rings (SSSR count). The smallest absolute Gasteiger partial charge is 0.237 e. The summed E-state index contributed by atoms with van der Waals surface area (Å²) in [6.07, 6.45) is 4.32. The Kier molecular flexibility index (Phi) is 4.88. The molecule has 1 fully saturated rings. The fourth-order valence-corrected chi connectivity index (χ4v) is 2.68. The van der Waals surface area contributed by atoms with Gasteiger partial charge >= 0.3 is 0 Å². The second kappa shape index (κ2) is 7.05. The van der Waals surface area contributed by atoms with Crippen LogP contribution in [0.2, 0.25) is 0 Å². The number of carbonyl (C=O) groups is 1. The Bertz CT molecular complexity index is 485. The predicted molar refractivity (Wildman–Crippen MR) is 81.9 cm³/mol. The first kappa shape index (κ1) is 14.5. The molecule has 0 spiro atoms. The molecule has 0 unspecified atom stereocenters. The van der Waals surface area contributed by atoms with E-state index in [1.165, 1.54) is 24.0 Å². The van der Waals surface area contributed by atoms with Crippen LogP contribution in [0.4, 0.5) is 0 Å². The van der Waals surface area contributed by atoms with Gasteiger partial charge in [0.2, 0.25) is 5.91 Å². The lowest BCUT2D eigenvalue weighted by Gasteiger charge is -2.25. The SMILES string of the molecule is O=C(NCCCOCC1CC1)[C@H]1Cc2ccccc2CN1. The van der Waals surface area contributed by atoms with Crippen molar-refractivity contribution in [3.63, 3.8) is 0 Å². The minimum Gasteiger partial charge on any atom is -0.381 e. The lowest BCUT2D eigenvalue weighted by atomic mass is 9.95. The second-order valence-corrected chi connectivity index (χ2v) is 6.07. The van der Waals surface area contributed by atoms with Crippen molar-refractivity contribution in [2.75, 3.05) is 19.8 Å². The quantitative estimate of drug-likeness (QED) is 0.750. The van der Waals surface area contributed by atoms with Gasteiger partial charge in [-0.15, -0.1) is 0 Å². The van der Waals surface area contributed by atoms with E-state index >= 15 is 0 Å². The summed E-state index contributed by atoms with van der Waals surface area (Å²) in [5.41, 5.74) is 2.58. The van der Waals surface area contributed by atoms with E-state index in [1.54, 1.807) is 0 Å². The Morgan fingerprint density at radius 1 is 1.29 bits per heavy atom. The highest BCUT2D eigenvalue weighted by atomic mass is 16.5. The van der Waals surface area contributed by atoms with Crippen molar-refractivity contribution in [2.45, 2.75) is 38.3 Å². The molecule has 1 saturated carbocycles. The number of hydrogen-bond donors (Lipinski definition) is 2. The van der Waals surface area contributed by atoms with Gasteiger partial charge in [-0.1, -0.05) is 24.3 Å². The Morgan fingerprint density at radius 2 is 2.10 bits per heavy atom. The van der Waals surface area contributed by atoms with E-state index in [4.69, 9.17) is 4.74 Å². The third kappa shape index (κ3) is 4.29. The summed E-state index contributed by atoms with van der Waals surface area (Å²) in [6, 6.07) is 8.21. The zero-order chi connectivity index (χ0) is 14.5. The van der Waals surface area contributed by atoms with Crippen molar-refractivity contribution in [1.82, 2.24) is 10.6 Å². The molecule has 0 saturated heterocycles. The van der Waals surface area contributed by atoms with Crippen LogP contribution in [0, 0.1) is 5.92 Å². The third-order valence-corrected chi connectivity index (χ3v) is 4.21. The number of fused-ring (bicyclic) bond motifs is 1. The van der Waals surface area contributed by atoms with Gasteiger partial charge in [-0.3, -0.25) is 4.79 Å². The molecule has 1 aliphatic heterocycles. The topological polar surface area (TPSA) is 50.4 Å². The molecule has 4 heteroatoms. The molecule has 1 aliphatic carbocycles. The molecule has 0 aromatic heterocycles. The van der Waals surface area contributed by atoms with Crippen molar-refractivity contribution in [1.29, 1.82) is 0 Å². The lowest BCUT2D eigenvalue weighted by molar-refractivity contribution is -0.123. The van der Waals surface area contributed by atoms with Gasteiger partial charge < -0.3 is 15.4 Å². The maximum absolute atomic E-state index is 12.1. The molecule has 1 aromatic carbocycles. The average molecular weight is 288 g/mol. The van der Waals surface area contributed by atoms with Crippen LogP contribution in [0.1, 0.15) is 30.4 Å². The molecule has 1 heterocycles. The molecule has 2 N–H and O–H groups in total. The van der Waals surface area contributed by atoms with Crippen LogP contribution in [0.3, 0.4) is 0 Å². The summed E-state index contributed by atoms with van der Waals surface area (Å²) >= 11 is 0. The molecule has 1 atom stereocenters. The molecule has 0 bridgehead atoms. The molecule has 1 amide bonds. The number of nitrogens with one attached hydrogen (secondary N) is 2.